The molecule has 1 atom stereocenters. The predicted molar refractivity (Wildman–Crippen MR) is 60.1 cm³/mol. The average molecular weight is 225 g/mol. The molecule has 0 saturated carbocycles. The summed E-state index contributed by atoms with van der Waals surface area (Å²) in [6, 6.07) is 2.27. The van der Waals surface area contributed by atoms with Gasteiger partial charge in [-0.3, -0.25) is 4.79 Å². The van der Waals surface area contributed by atoms with Gasteiger partial charge in [-0.25, -0.2) is 4.39 Å². The molecule has 0 aliphatic carbocycles. The maximum atomic E-state index is 13.6. The Labute approximate surface area is 94.4 Å². The fourth-order valence-electron chi connectivity index (χ4n) is 1.67. The van der Waals surface area contributed by atoms with Crippen LogP contribution in [0.25, 0.3) is 0 Å². The summed E-state index contributed by atoms with van der Waals surface area (Å²) in [6.07, 6.45) is 0. The largest absolute Gasteiger partial charge is 0.383 e. The zero-order chi connectivity index (χ0) is 12.3. The van der Waals surface area contributed by atoms with Gasteiger partial charge in [0.15, 0.2) is 5.78 Å². The summed E-state index contributed by atoms with van der Waals surface area (Å²) in [4.78, 5) is 11.8. The molecule has 4 heteroatoms. The fraction of sp³-hybridized carbons (Fsp3) is 0.417. The number of hydrogen-bond donors (Lipinski definition) is 1. The Balaban J connectivity index is 3.08. The number of carbonyl (C=O) groups is 1. The lowest BCUT2D eigenvalue weighted by molar-refractivity contribution is 0.0887. The number of aryl methyl sites for hydroxylation is 2. The molecular weight excluding hydrogens is 209 g/mol. The first-order valence-corrected chi connectivity index (χ1v) is 5.02. The van der Waals surface area contributed by atoms with Gasteiger partial charge in [-0.1, -0.05) is 6.07 Å². The first-order valence-electron chi connectivity index (χ1n) is 5.02. The first kappa shape index (κ1) is 12.8. The summed E-state index contributed by atoms with van der Waals surface area (Å²) in [5.41, 5.74) is 7.05. The SMILES string of the molecule is COCC(N)C(=O)c1c(C)cc(C)cc1F. The lowest BCUT2D eigenvalue weighted by atomic mass is 9.98. The van der Waals surface area contributed by atoms with Crippen molar-refractivity contribution in [2.75, 3.05) is 13.7 Å². The summed E-state index contributed by atoms with van der Waals surface area (Å²) in [5.74, 6) is -0.939. The molecule has 0 aliphatic heterocycles. The van der Waals surface area contributed by atoms with Crippen LogP contribution in [0.1, 0.15) is 21.5 Å². The topological polar surface area (TPSA) is 52.3 Å². The third-order valence-electron chi connectivity index (χ3n) is 2.36. The van der Waals surface area contributed by atoms with Gasteiger partial charge in [-0.15, -0.1) is 0 Å². The smallest absolute Gasteiger partial charge is 0.185 e. The van der Waals surface area contributed by atoms with Crippen LogP contribution >= 0.6 is 0 Å². The predicted octanol–water partition coefficient (Wildman–Crippen LogP) is 1.60. The van der Waals surface area contributed by atoms with E-state index in [1.165, 1.54) is 13.2 Å². The highest BCUT2D eigenvalue weighted by Gasteiger charge is 2.21. The lowest BCUT2D eigenvalue weighted by Gasteiger charge is -2.12. The van der Waals surface area contributed by atoms with Crippen LogP contribution in [0.5, 0.6) is 0 Å². The standard InChI is InChI=1S/C12H16FNO2/c1-7-4-8(2)11(9(13)5-7)12(15)10(14)6-16-3/h4-5,10H,6,14H2,1-3H3. The van der Waals surface area contributed by atoms with E-state index in [0.717, 1.165) is 5.56 Å². The highest BCUT2D eigenvalue weighted by atomic mass is 19.1. The second-order valence-electron chi connectivity index (χ2n) is 3.86. The van der Waals surface area contributed by atoms with Gasteiger partial charge in [0, 0.05) is 7.11 Å². The summed E-state index contributed by atoms with van der Waals surface area (Å²) >= 11 is 0. The number of nitrogens with two attached hydrogens (primary N) is 1. The Morgan fingerprint density at radius 1 is 1.50 bits per heavy atom. The Hall–Kier alpha value is -1.26. The van der Waals surface area contributed by atoms with E-state index in [4.69, 9.17) is 10.5 Å². The number of carbonyl (C=O) groups excluding carboxylic acids is 1. The molecule has 1 unspecified atom stereocenters. The van der Waals surface area contributed by atoms with E-state index in [-0.39, 0.29) is 12.2 Å². The van der Waals surface area contributed by atoms with Crippen LogP contribution in [0, 0.1) is 19.7 Å². The van der Waals surface area contributed by atoms with Crippen LogP contribution < -0.4 is 5.73 Å². The quantitative estimate of drug-likeness (QED) is 0.792. The monoisotopic (exact) mass is 225 g/mol. The molecule has 16 heavy (non-hydrogen) atoms. The van der Waals surface area contributed by atoms with Gasteiger partial charge in [0.1, 0.15) is 5.82 Å². The maximum Gasteiger partial charge on any atom is 0.185 e. The van der Waals surface area contributed by atoms with Crippen molar-refractivity contribution >= 4 is 5.78 Å². The highest BCUT2D eigenvalue weighted by molar-refractivity contribution is 6.01. The minimum atomic E-state index is -0.819. The molecule has 0 fully saturated rings. The molecule has 2 N–H and O–H groups in total. The fourth-order valence-corrected chi connectivity index (χ4v) is 1.67. The lowest BCUT2D eigenvalue weighted by Crippen LogP contribution is -2.35. The highest BCUT2D eigenvalue weighted by Crippen LogP contribution is 2.17. The van der Waals surface area contributed by atoms with E-state index in [2.05, 4.69) is 0 Å². The molecule has 0 aromatic heterocycles. The molecule has 0 bridgehead atoms. The van der Waals surface area contributed by atoms with E-state index in [1.807, 2.05) is 0 Å². The molecule has 1 rings (SSSR count). The van der Waals surface area contributed by atoms with E-state index in [1.54, 1.807) is 19.9 Å². The van der Waals surface area contributed by atoms with Gasteiger partial charge < -0.3 is 10.5 Å². The number of benzene rings is 1. The van der Waals surface area contributed by atoms with Gasteiger partial charge in [0.2, 0.25) is 0 Å². The van der Waals surface area contributed by atoms with E-state index in [9.17, 15) is 9.18 Å². The van der Waals surface area contributed by atoms with Crippen LogP contribution in [-0.2, 0) is 4.74 Å². The van der Waals surface area contributed by atoms with E-state index >= 15 is 0 Å². The summed E-state index contributed by atoms with van der Waals surface area (Å²) in [7, 11) is 1.45. The van der Waals surface area contributed by atoms with Crippen LogP contribution in [0.15, 0.2) is 12.1 Å². The zero-order valence-corrected chi connectivity index (χ0v) is 9.71. The molecular formula is C12H16FNO2. The second-order valence-corrected chi connectivity index (χ2v) is 3.86. The Morgan fingerprint density at radius 3 is 2.62 bits per heavy atom. The van der Waals surface area contributed by atoms with E-state index < -0.39 is 17.6 Å². The number of halogens is 1. The third-order valence-corrected chi connectivity index (χ3v) is 2.36. The molecule has 0 spiro atoms. The summed E-state index contributed by atoms with van der Waals surface area (Å²) in [6.45, 7) is 3.56. The average Bonchev–Trinajstić information content (AvgIpc) is 2.16. The minimum Gasteiger partial charge on any atom is -0.383 e. The molecule has 0 heterocycles. The number of ketones is 1. The molecule has 3 nitrogen and oxygen atoms in total. The van der Waals surface area contributed by atoms with Crippen LogP contribution in [0.3, 0.4) is 0 Å². The Kier molecular flexibility index (Phi) is 4.15. The van der Waals surface area contributed by atoms with Crippen molar-refractivity contribution in [1.29, 1.82) is 0 Å². The number of methoxy groups -OCH3 is 1. The van der Waals surface area contributed by atoms with Crippen LogP contribution in [-0.4, -0.2) is 25.5 Å². The minimum absolute atomic E-state index is 0.0650. The molecule has 1 aromatic carbocycles. The summed E-state index contributed by atoms with van der Waals surface area (Å²) < 4.78 is 18.4. The normalized spacial score (nSPS) is 12.6. The van der Waals surface area contributed by atoms with Crippen molar-refractivity contribution < 1.29 is 13.9 Å². The maximum absolute atomic E-state index is 13.6. The number of Topliss-reactive ketones (excluding diaryl/α,β-unsaturated/α-hetero) is 1. The second kappa shape index (κ2) is 5.18. The van der Waals surface area contributed by atoms with Crippen molar-refractivity contribution in [3.63, 3.8) is 0 Å². The third kappa shape index (κ3) is 2.65. The van der Waals surface area contributed by atoms with Crippen LogP contribution in [0.4, 0.5) is 4.39 Å². The van der Waals surface area contributed by atoms with Crippen LogP contribution in [0.2, 0.25) is 0 Å². The van der Waals surface area contributed by atoms with Gasteiger partial charge in [-0.05, 0) is 31.0 Å². The molecule has 88 valence electrons. The van der Waals surface area contributed by atoms with Crippen molar-refractivity contribution in [2.24, 2.45) is 5.73 Å². The molecule has 0 radical (unpaired) electrons. The number of hydrogen-bond acceptors (Lipinski definition) is 3. The Bertz CT molecular complexity index is 381. The van der Waals surface area contributed by atoms with Gasteiger partial charge in [-0.2, -0.15) is 0 Å². The van der Waals surface area contributed by atoms with Crippen molar-refractivity contribution in [2.45, 2.75) is 19.9 Å². The van der Waals surface area contributed by atoms with Crippen molar-refractivity contribution in [1.82, 2.24) is 0 Å². The van der Waals surface area contributed by atoms with Gasteiger partial charge in [0.05, 0.1) is 18.2 Å². The van der Waals surface area contributed by atoms with Gasteiger partial charge >= 0.3 is 0 Å². The molecule has 0 amide bonds. The summed E-state index contributed by atoms with van der Waals surface area (Å²) in [5, 5.41) is 0. The molecule has 0 aliphatic rings. The van der Waals surface area contributed by atoms with E-state index in [0.29, 0.717) is 5.56 Å². The van der Waals surface area contributed by atoms with Crippen molar-refractivity contribution in [3.05, 3.63) is 34.6 Å². The number of rotatable bonds is 4. The molecule has 1 aromatic rings. The van der Waals surface area contributed by atoms with Gasteiger partial charge in [0.25, 0.3) is 0 Å². The van der Waals surface area contributed by atoms with Crippen molar-refractivity contribution in [3.8, 4) is 0 Å². The molecule has 0 saturated heterocycles. The zero-order valence-electron chi connectivity index (χ0n) is 9.71. The first-order chi connectivity index (χ1) is 7.47. The Morgan fingerprint density at radius 2 is 2.12 bits per heavy atom. The number of ether oxygens (including phenoxy) is 1.